The summed E-state index contributed by atoms with van der Waals surface area (Å²) < 4.78 is 0. The third-order valence-corrected chi connectivity index (χ3v) is 4.54. The van der Waals surface area contributed by atoms with Crippen molar-refractivity contribution in [1.29, 1.82) is 0 Å². The standard InChI is InChI=1S/C21H23NO2/c1-15(12-21(23)24)17-6-8-18(9-7-17)19-5-3-4-16(13-19)14-22(2)20-10-11-20/h3-9,12-13,20H,10-11,14H2,1-2H3,(H,23,24)/b15-12-. The van der Waals surface area contributed by atoms with Gasteiger partial charge in [-0.1, -0.05) is 42.5 Å². The fourth-order valence-corrected chi connectivity index (χ4v) is 2.98. The first kappa shape index (κ1) is 16.5. The Bertz CT molecular complexity index is 758. The number of aliphatic carboxylic acids is 1. The molecule has 0 spiro atoms. The van der Waals surface area contributed by atoms with Crippen LogP contribution in [0.5, 0.6) is 0 Å². The fraction of sp³-hybridized carbons (Fsp3) is 0.286. The second-order valence-corrected chi connectivity index (χ2v) is 6.59. The van der Waals surface area contributed by atoms with Gasteiger partial charge in [-0.2, -0.15) is 0 Å². The molecular formula is C21H23NO2. The summed E-state index contributed by atoms with van der Waals surface area (Å²) in [6, 6.07) is 17.5. The van der Waals surface area contributed by atoms with Crippen LogP contribution < -0.4 is 0 Å². The summed E-state index contributed by atoms with van der Waals surface area (Å²) in [5.74, 6) is -0.913. The Morgan fingerprint density at radius 1 is 1.17 bits per heavy atom. The lowest BCUT2D eigenvalue weighted by Gasteiger charge is -2.16. The SMILES string of the molecule is C/C(=C/C(=O)O)c1ccc(-c2cccc(CN(C)C3CC3)c2)cc1. The third-order valence-electron chi connectivity index (χ3n) is 4.54. The number of hydrogen-bond donors (Lipinski definition) is 1. The van der Waals surface area contributed by atoms with Crippen LogP contribution >= 0.6 is 0 Å². The highest BCUT2D eigenvalue weighted by molar-refractivity contribution is 5.89. The summed E-state index contributed by atoms with van der Waals surface area (Å²) in [6.45, 7) is 2.80. The second-order valence-electron chi connectivity index (χ2n) is 6.59. The minimum atomic E-state index is -0.913. The zero-order valence-electron chi connectivity index (χ0n) is 14.2. The van der Waals surface area contributed by atoms with Gasteiger partial charge in [0.2, 0.25) is 0 Å². The molecule has 1 fully saturated rings. The quantitative estimate of drug-likeness (QED) is 0.800. The highest BCUT2D eigenvalue weighted by Crippen LogP contribution is 2.28. The van der Waals surface area contributed by atoms with Gasteiger partial charge in [-0.15, -0.1) is 0 Å². The summed E-state index contributed by atoms with van der Waals surface area (Å²) in [4.78, 5) is 13.2. The maximum Gasteiger partial charge on any atom is 0.328 e. The molecule has 3 nitrogen and oxygen atoms in total. The van der Waals surface area contributed by atoms with Crippen molar-refractivity contribution in [2.45, 2.75) is 32.4 Å². The van der Waals surface area contributed by atoms with Crippen molar-refractivity contribution in [2.24, 2.45) is 0 Å². The van der Waals surface area contributed by atoms with E-state index in [2.05, 4.69) is 48.3 Å². The van der Waals surface area contributed by atoms with Crippen LogP contribution in [0.3, 0.4) is 0 Å². The Hall–Kier alpha value is -2.39. The highest BCUT2D eigenvalue weighted by atomic mass is 16.4. The Balaban J connectivity index is 1.77. The molecule has 1 N–H and O–H groups in total. The Morgan fingerprint density at radius 2 is 1.88 bits per heavy atom. The first-order valence-corrected chi connectivity index (χ1v) is 8.34. The van der Waals surface area contributed by atoms with Crippen molar-refractivity contribution in [2.75, 3.05) is 7.05 Å². The van der Waals surface area contributed by atoms with E-state index in [1.165, 1.54) is 30.0 Å². The molecule has 3 heteroatoms. The minimum absolute atomic E-state index is 0.758. The number of carbonyl (C=O) groups is 1. The first-order chi connectivity index (χ1) is 11.5. The van der Waals surface area contributed by atoms with Crippen molar-refractivity contribution < 1.29 is 9.90 Å². The molecule has 0 saturated heterocycles. The minimum Gasteiger partial charge on any atom is -0.478 e. The maximum absolute atomic E-state index is 10.8. The van der Waals surface area contributed by atoms with Crippen molar-refractivity contribution >= 4 is 11.5 Å². The van der Waals surface area contributed by atoms with Crippen LogP contribution in [-0.4, -0.2) is 29.1 Å². The van der Waals surface area contributed by atoms with Crippen LogP contribution in [0.25, 0.3) is 16.7 Å². The van der Waals surface area contributed by atoms with Gasteiger partial charge in [0.25, 0.3) is 0 Å². The molecule has 0 amide bonds. The number of hydrogen-bond acceptors (Lipinski definition) is 2. The summed E-state index contributed by atoms with van der Waals surface area (Å²) in [7, 11) is 2.19. The summed E-state index contributed by atoms with van der Waals surface area (Å²) in [5.41, 5.74) is 5.37. The zero-order chi connectivity index (χ0) is 17.1. The molecule has 2 aromatic rings. The lowest BCUT2D eigenvalue weighted by atomic mass is 9.99. The van der Waals surface area contributed by atoms with E-state index >= 15 is 0 Å². The van der Waals surface area contributed by atoms with Crippen LogP contribution in [0, 0.1) is 0 Å². The largest absolute Gasteiger partial charge is 0.478 e. The van der Waals surface area contributed by atoms with Gasteiger partial charge in [0, 0.05) is 18.7 Å². The van der Waals surface area contributed by atoms with Crippen LogP contribution in [0.2, 0.25) is 0 Å². The molecule has 2 aromatic carbocycles. The lowest BCUT2D eigenvalue weighted by molar-refractivity contribution is -0.131. The summed E-state index contributed by atoms with van der Waals surface area (Å²) in [6.07, 6.45) is 3.88. The van der Waals surface area contributed by atoms with Gasteiger partial charge in [-0.3, -0.25) is 4.90 Å². The van der Waals surface area contributed by atoms with Crippen molar-refractivity contribution in [3.05, 3.63) is 65.7 Å². The molecule has 0 radical (unpaired) electrons. The van der Waals surface area contributed by atoms with Gasteiger partial charge in [-0.25, -0.2) is 4.79 Å². The number of carboxylic acids is 1. The van der Waals surface area contributed by atoms with Gasteiger partial charge in [-0.05, 0) is 60.7 Å². The van der Waals surface area contributed by atoms with Crippen molar-refractivity contribution in [1.82, 2.24) is 4.90 Å². The van der Waals surface area contributed by atoms with E-state index in [1.54, 1.807) is 0 Å². The molecule has 3 rings (SSSR count). The van der Waals surface area contributed by atoms with Crippen LogP contribution in [0.15, 0.2) is 54.6 Å². The average molecular weight is 321 g/mol. The van der Waals surface area contributed by atoms with E-state index in [1.807, 2.05) is 19.1 Å². The van der Waals surface area contributed by atoms with Gasteiger partial charge >= 0.3 is 5.97 Å². The van der Waals surface area contributed by atoms with E-state index in [0.29, 0.717) is 0 Å². The predicted octanol–water partition coefficient (Wildman–Crippen LogP) is 4.44. The molecule has 0 aliphatic heterocycles. The van der Waals surface area contributed by atoms with E-state index in [4.69, 9.17) is 5.11 Å². The van der Waals surface area contributed by atoms with Gasteiger partial charge in [0.05, 0.1) is 0 Å². The van der Waals surface area contributed by atoms with Gasteiger partial charge < -0.3 is 5.11 Å². The van der Waals surface area contributed by atoms with E-state index < -0.39 is 5.97 Å². The topological polar surface area (TPSA) is 40.5 Å². The van der Waals surface area contributed by atoms with Crippen molar-refractivity contribution in [3.8, 4) is 11.1 Å². The molecule has 0 heterocycles. The van der Waals surface area contributed by atoms with Crippen LogP contribution in [0.1, 0.15) is 30.9 Å². The number of rotatable bonds is 6. The van der Waals surface area contributed by atoms with E-state index in [-0.39, 0.29) is 0 Å². The van der Waals surface area contributed by atoms with Crippen molar-refractivity contribution in [3.63, 3.8) is 0 Å². The summed E-state index contributed by atoms with van der Waals surface area (Å²) >= 11 is 0. The summed E-state index contributed by atoms with van der Waals surface area (Å²) in [5, 5.41) is 8.84. The fourth-order valence-electron chi connectivity index (χ4n) is 2.98. The zero-order valence-corrected chi connectivity index (χ0v) is 14.2. The number of benzene rings is 2. The number of carboxylic acid groups (broad SMARTS) is 1. The number of nitrogens with zero attached hydrogens (tertiary/aromatic N) is 1. The molecular weight excluding hydrogens is 298 g/mol. The Labute approximate surface area is 143 Å². The molecule has 0 aromatic heterocycles. The second kappa shape index (κ2) is 7.02. The normalized spacial score (nSPS) is 14.9. The molecule has 124 valence electrons. The smallest absolute Gasteiger partial charge is 0.328 e. The molecule has 1 saturated carbocycles. The Morgan fingerprint density at radius 3 is 2.50 bits per heavy atom. The molecule has 1 aliphatic carbocycles. The lowest BCUT2D eigenvalue weighted by Crippen LogP contribution is -2.19. The van der Waals surface area contributed by atoms with Gasteiger partial charge in [0.15, 0.2) is 0 Å². The van der Waals surface area contributed by atoms with Gasteiger partial charge in [0.1, 0.15) is 0 Å². The van der Waals surface area contributed by atoms with E-state index in [9.17, 15) is 4.79 Å². The maximum atomic E-state index is 10.8. The molecule has 0 bridgehead atoms. The van der Waals surface area contributed by atoms with Crippen LogP contribution in [0.4, 0.5) is 0 Å². The molecule has 24 heavy (non-hydrogen) atoms. The highest BCUT2D eigenvalue weighted by Gasteiger charge is 2.25. The number of allylic oxidation sites excluding steroid dienone is 1. The molecule has 1 aliphatic rings. The molecule has 0 unspecified atom stereocenters. The third kappa shape index (κ3) is 4.12. The predicted molar refractivity (Wildman–Crippen MR) is 97.7 cm³/mol. The van der Waals surface area contributed by atoms with E-state index in [0.717, 1.165) is 29.3 Å². The first-order valence-electron chi connectivity index (χ1n) is 8.34. The van der Waals surface area contributed by atoms with Crippen LogP contribution in [-0.2, 0) is 11.3 Å². The monoisotopic (exact) mass is 321 g/mol. The average Bonchev–Trinajstić information content (AvgIpc) is 3.39. The molecule has 0 atom stereocenters. The Kier molecular flexibility index (Phi) is 4.81.